The number of hydrogen-bond acceptors (Lipinski definition) is 3. The van der Waals surface area contributed by atoms with Crippen molar-refractivity contribution in [2.45, 2.75) is 40.3 Å². The molecule has 1 aromatic rings. The van der Waals surface area contributed by atoms with Crippen LogP contribution in [0.5, 0.6) is 0 Å². The molecule has 0 spiro atoms. The van der Waals surface area contributed by atoms with E-state index in [-0.39, 0.29) is 0 Å². The molecule has 0 aliphatic carbocycles. The highest BCUT2D eigenvalue weighted by atomic mass is 79.9. The first-order valence-electron chi connectivity index (χ1n) is 7.38. The Morgan fingerprint density at radius 2 is 1.63 bits per heavy atom. The normalized spacial score (nSPS) is 18.1. The van der Waals surface area contributed by atoms with Gasteiger partial charge in [0.15, 0.2) is 0 Å². The fraction of sp³-hybridized carbons (Fsp3) is 0.786. The lowest BCUT2D eigenvalue weighted by atomic mass is 10.2. The zero-order chi connectivity index (χ0) is 13.8. The second-order valence-electron chi connectivity index (χ2n) is 5.09. The maximum absolute atomic E-state index is 4.68. The average molecular weight is 329 g/mol. The number of rotatable bonds is 5. The van der Waals surface area contributed by atoms with Crippen LogP contribution in [0.15, 0.2) is 4.47 Å². The number of aromatic nitrogens is 2. The minimum Gasteiger partial charge on any atom is -0.301 e. The van der Waals surface area contributed by atoms with E-state index in [2.05, 4.69) is 56.3 Å². The molecule has 0 N–H and O–H groups in total. The minimum absolute atomic E-state index is 0.947. The van der Waals surface area contributed by atoms with Gasteiger partial charge in [-0.15, -0.1) is 0 Å². The Labute approximate surface area is 124 Å². The lowest BCUT2D eigenvalue weighted by Gasteiger charge is -2.34. The summed E-state index contributed by atoms with van der Waals surface area (Å²) in [4.78, 5) is 5.06. The molecule has 108 valence electrons. The second-order valence-corrected chi connectivity index (χ2v) is 5.88. The molecule has 1 aliphatic heterocycles. The average Bonchev–Trinajstić information content (AvgIpc) is 2.76. The van der Waals surface area contributed by atoms with Crippen molar-refractivity contribution in [3.8, 4) is 0 Å². The van der Waals surface area contributed by atoms with Crippen LogP contribution in [0.1, 0.15) is 32.2 Å². The molecule has 1 fully saturated rings. The molecule has 4 nitrogen and oxygen atoms in total. The fourth-order valence-electron chi connectivity index (χ4n) is 2.64. The molecular formula is C14H25BrN4. The quantitative estimate of drug-likeness (QED) is 0.829. The zero-order valence-corrected chi connectivity index (χ0v) is 13.9. The summed E-state index contributed by atoms with van der Waals surface area (Å²) >= 11 is 3.74. The smallest absolute Gasteiger partial charge is 0.0767 e. The molecule has 1 saturated heterocycles. The predicted octanol–water partition coefficient (Wildman–Crippen LogP) is 2.37. The van der Waals surface area contributed by atoms with E-state index in [1.165, 1.54) is 35.5 Å². The van der Waals surface area contributed by atoms with E-state index in [9.17, 15) is 0 Å². The third kappa shape index (κ3) is 3.38. The zero-order valence-electron chi connectivity index (χ0n) is 12.3. The van der Waals surface area contributed by atoms with Gasteiger partial charge in [0.1, 0.15) is 0 Å². The van der Waals surface area contributed by atoms with Gasteiger partial charge in [-0.05, 0) is 35.8 Å². The Hall–Kier alpha value is -0.390. The SMILES string of the molecule is CCc1nn(CC)c(CN2CCN(CC)CC2)c1Br. The Bertz CT molecular complexity index is 408. The second kappa shape index (κ2) is 6.86. The Balaban J connectivity index is 2.05. The topological polar surface area (TPSA) is 24.3 Å². The molecule has 19 heavy (non-hydrogen) atoms. The van der Waals surface area contributed by atoms with E-state index < -0.39 is 0 Å². The molecule has 0 radical (unpaired) electrons. The van der Waals surface area contributed by atoms with Crippen LogP contribution in [0.3, 0.4) is 0 Å². The Morgan fingerprint density at radius 3 is 2.16 bits per heavy atom. The van der Waals surface area contributed by atoms with Crippen LogP contribution in [0.4, 0.5) is 0 Å². The lowest BCUT2D eigenvalue weighted by Crippen LogP contribution is -2.45. The van der Waals surface area contributed by atoms with Crippen molar-refractivity contribution in [1.29, 1.82) is 0 Å². The van der Waals surface area contributed by atoms with Crippen LogP contribution in [-0.4, -0.2) is 52.3 Å². The summed E-state index contributed by atoms with van der Waals surface area (Å²) in [6, 6.07) is 0. The molecule has 5 heteroatoms. The van der Waals surface area contributed by atoms with Gasteiger partial charge in [0.05, 0.1) is 15.9 Å². The van der Waals surface area contributed by atoms with E-state index in [1.807, 2.05) is 0 Å². The summed E-state index contributed by atoms with van der Waals surface area (Å²) in [7, 11) is 0. The fourth-order valence-corrected chi connectivity index (χ4v) is 3.33. The van der Waals surface area contributed by atoms with Gasteiger partial charge in [-0.1, -0.05) is 13.8 Å². The molecule has 1 aromatic heterocycles. The van der Waals surface area contributed by atoms with Gasteiger partial charge in [0.25, 0.3) is 0 Å². The van der Waals surface area contributed by atoms with E-state index >= 15 is 0 Å². The van der Waals surface area contributed by atoms with Crippen molar-refractivity contribution < 1.29 is 0 Å². The van der Waals surface area contributed by atoms with Crippen molar-refractivity contribution >= 4 is 15.9 Å². The summed E-state index contributed by atoms with van der Waals surface area (Å²) < 4.78 is 3.37. The molecule has 2 heterocycles. The molecule has 2 rings (SSSR count). The van der Waals surface area contributed by atoms with Crippen LogP contribution >= 0.6 is 15.9 Å². The van der Waals surface area contributed by atoms with Crippen molar-refractivity contribution in [2.24, 2.45) is 0 Å². The lowest BCUT2D eigenvalue weighted by molar-refractivity contribution is 0.129. The highest BCUT2D eigenvalue weighted by molar-refractivity contribution is 9.10. The number of likely N-dealkylation sites (N-methyl/N-ethyl adjacent to an activating group) is 1. The first kappa shape index (κ1) is 15.0. The summed E-state index contributed by atoms with van der Waals surface area (Å²) in [6.07, 6.45) is 0.990. The van der Waals surface area contributed by atoms with Crippen LogP contribution in [0.25, 0.3) is 0 Å². The summed E-state index contributed by atoms with van der Waals surface area (Å²) in [6.45, 7) is 14.4. The van der Waals surface area contributed by atoms with Crippen LogP contribution in [0, 0.1) is 0 Å². The van der Waals surface area contributed by atoms with E-state index in [0.717, 1.165) is 32.6 Å². The van der Waals surface area contributed by atoms with E-state index in [4.69, 9.17) is 0 Å². The molecule has 0 bridgehead atoms. The van der Waals surface area contributed by atoms with Crippen molar-refractivity contribution in [2.75, 3.05) is 32.7 Å². The van der Waals surface area contributed by atoms with Gasteiger partial charge in [0.2, 0.25) is 0 Å². The predicted molar refractivity (Wildman–Crippen MR) is 82.4 cm³/mol. The van der Waals surface area contributed by atoms with Crippen molar-refractivity contribution in [1.82, 2.24) is 19.6 Å². The number of nitrogens with zero attached hydrogens (tertiary/aromatic N) is 4. The van der Waals surface area contributed by atoms with Crippen LogP contribution in [-0.2, 0) is 19.5 Å². The molecule has 0 saturated carbocycles. The first-order chi connectivity index (χ1) is 9.19. The Kier molecular flexibility index (Phi) is 5.42. The molecular weight excluding hydrogens is 304 g/mol. The van der Waals surface area contributed by atoms with Gasteiger partial charge in [-0.25, -0.2) is 0 Å². The standard InChI is InChI=1S/C14H25BrN4/c1-4-12-14(15)13(19(6-3)16-12)11-18-9-7-17(5-2)8-10-18/h4-11H2,1-3H3. The first-order valence-corrected chi connectivity index (χ1v) is 8.17. The van der Waals surface area contributed by atoms with Crippen molar-refractivity contribution in [3.05, 3.63) is 15.9 Å². The van der Waals surface area contributed by atoms with Gasteiger partial charge < -0.3 is 4.90 Å². The molecule has 0 atom stereocenters. The van der Waals surface area contributed by atoms with Crippen molar-refractivity contribution in [3.63, 3.8) is 0 Å². The van der Waals surface area contributed by atoms with Gasteiger partial charge in [0, 0.05) is 39.3 Å². The van der Waals surface area contributed by atoms with Gasteiger partial charge in [-0.2, -0.15) is 5.10 Å². The number of halogens is 1. The summed E-state index contributed by atoms with van der Waals surface area (Å²) in [5.74, 6) is 0. The maximum atomic E-state index is 4.68. The van der Waals surface area contributed by atoms with Gasteiger partial charge in [-0.3, -0.25) is 9.58 Å². The number of hydrogen-bond donors (Lipinski definition) is 0. The number of aryl methyl sites for hydroxylation is 2. The summed E-state index contributed by atoms with van der Waals surface area (Å²) in [5, 5.41) is 4.68. The summed E-state index contributed by atoms with van der Waals surface area (Å²) in [5.41, 5.74) is 2.52. The molecule has 0 unspecified atom stereocenters. The highest BCUT2D eigenvalue weighted by Gasteiger charge is 2.20. The third-order valence-electron chi connectivity index (χ3n) is 3.98. The van der Waals surface area contributed by atoms with Crippen LogP contribution < -0.4 is 0 Å². The monoisotopic (exact) mass is 328 g/mol. The molecule has 0 amide bonds. The molecule has 1 aliphatic rings. The van der Waals surface area contributed by atoms with E-state index in [0.29, 0.717) is 0 Å². The molecule has 0 aromatic carbocycles. The van der Waals surface area contributed by atoms with E-state index in [1.54, 1.807) is 0 Å². The van der Waals surface area contributed by atoms with Gasteiger partial charge >= 0.3 is 0 Å². The Morgan fingerprint density at radius 1 is 1.00 bits per heavy atom. The number of piperazine rings is 1. The highest BCUT2D eigenvalue weighted by Crippen LogP contribution is 2.24. The largest absolute Gasteiger partial charge is 0.301 e. The third-order valence-corrected chi connectivity index (χ3v) is 4.90. The van der Waals surface area contributed by atoms with Crippen LogP contribution in [0.2, 0.25) is 0 Å². The maximum Gasteiger partial charge on any atom is 0.0767 e. The minimum atomic E-state index is 0.947.